The molecule has 0 aromatic carbocycles. The van der Waals surface area contributed by atoms with Crippen LogP contribution in [-0.4, -0.2) is 23.4 Å². The summed E-state index contributed by atoms with van der Waals surface area (Å²) in [5.74, 6) is -0.461. The maximum absolute atomic E-state index is 11.8. The fourth-order valence-corrected chi connectivity index (χ4v) is 3.38. The maximum atomic E-state index is 11.8. The summed E-state index contributed by atoms with van der Waals surface area (Å²) < 4.78 is 8.38. The zero-order valence-corrected chi connectivity index (χ0v) is 11.7. The minimum absolute atomic E-state index is 0.291. The Balaban J connectivity index is 2.70. The predicted molar refractivity (Wildman–Crippen MR) is 69.8 cm³/mol. The topological polar surface area (TPSA) is 48.3 Å². The normalized spacial score (nSPS) is 10.8. The van der Waals surface area contributed by atoms with Gasteiger partial charge >= 0.3 is 5.97 Å². The van der Waals surface area contributed by atoms with Gasteiger partial charge in [0, 0.05) is 7.05 Å². The van der Waals surface area contributed by atoms with Crippen molar-refractivity contribution in [3.8, 4) is 0 Å². The number of carbonyl (C=O) groups is 2. The Morgan fingerprint density at radius 3 is 2.94 bits per heavy atom. The molecule has 2 aromatic rings. The van der Waals surface area contributed by atoms with Crippen molar-refractivity contribution < 1.29 is 14.3 Å². The van der Waals surface area contributed by atoms with Crippen LogP contribution in [0.15, 0.2) is 9.85 Å². The highest BCUT2D eigenvalue weighted by Crippen LogP contribution is 2.35. The van der Waals surface area contributed by atoms with E-state index < -0.39 is 5.97 Å². The van der Waals surface area contributed by atoms with Crippen LogP contribution in [0.4, 0.5) is 0 Å². The quantitative estimate of drug-likeness (QED) is 0.646. The molecule has 0 aliphatic rings. The van der Waals surface area contributed by atoms with Gasteiger partial charge in [0.1, 0.15) is 5.69 Å². The summed E-state index contributed by atoms with van der Waals surface area (Å²) in [6.07, 6.45) is 0.706. The molecule has 2 aromatic heterocycles. The third-order valence-corrected chi connectivity index (χ3v) is 4.13. The number of aryl methyl sites for hydroxylation is 1. The third-order valence-electron chi connectivity index (χ3n) is 2.47. The first-order valence-electron chi connectivity index (χ1n) is 5.00. The molecule has 0 fully saturated rings. The number of nitrogens with zero attached hydrogens (tertiary/aromatic N) is 1. The Labute approximate surface area is 110 Å². The molecule has 0 spiro atoms. The van der Waals surface area contributed by atoms with Gasteiger partial charge in [-0.15, -0.1) is 11.3 Å². The summed E-state index contributed by atoms with van der Waals surface area (Å²) in [5, 5.41) is 0. The number of esters is 1. The second-order valence-corrected chi connectivity index (χ2v) is 5.86. The average Bonchev–Trinajstić information content (AvgIpc) is 2.76. The molecule has 0 saturated carbocycles. The van der Waals surface area contributed by atoms with Crippen LogP contribution in [0.25, 0.3) is 10.2 Å². The van der Waals surface area contributed by atoms with E-state index in [9.17, 15) is 9.59 Å². The van der Waals surface area contributed by atoms with Crippen LogP contribution >= 0.6 is 27.3 Å². The fourth-order valence-electron chi connectivity index (χ4n) is 1.76. The number of fused-ring (bicyclic) bond motifs is 1. The zero-order chi connectivity index (χ0) is 12.6. The average molecular weight is 316 g/mol. The van der Waals surface area contributed by atoms with Gasteiger partial charge in [0.15, 0.2) is 6.29 Å². The van der Waals surface area contributed by atoms with Gasteiger partial charge in [-0.2, -0.15) is 0 Å². The molecule has 6 heteroatoms. The van der Waals surface area contributed by atoms with Gasteiger partial charge in [-0.3, -0.25) is 4.79 Å². The number of hydrogen-bond acceptors (Lipinski definition) is 4. The molecule has 2 rings (SSSR count). The molecule has 0 N–H and O–H groups in total. The van der Waals surface area contributed by atoms with Crippen molar-refractivity contribution >= 4 is 49.7 Å². The minimum Gasteiger partial charge on any atom is -0.461 e. The van der Waals surface area contributed by atoms with E-state index in [-0.39, 0.29) is 0 Å². The molecule has 17 heavy (non-hydrogen) atoms. The zero-order valence-electron chi connectivity index (χ0n) is 9.32. The minimum atomic E-state index is -0.461. The van der Waals surface area contributed by atoms with Crippen LogP contribution in [-0.2, 0) is 11.8 Å². The van der Waals surface area contributed by atoms with Gasteiger partial charge < -0.3 is 9.30 Å². The first-order valence-corrected chi connectivity index (χ1v) is 6.61. The molecule has 0 unspecified atom stereocenters. The molecule has 2 heterocycles. The van der Waals surface area contributed by atoms with E-state index in [0.717, 1.165) is 14.0 Å². The molecule has 0 saturated heterocycles. The molecule has 0 amide bonds. The second-order valence-electron chi connectivity index (χ2n) is 3.42. The molecular weight excluding hydrogens is 306 g/mol. The van der Waals surface area contributed by atoms with Gasteiger partial charge in [0.25, 0.3) is 0 Å². The number of hydrogen-bond donors (Lipinski definition) is 0. The van der Waals surface area contributed by atoms with E-state index in [1.165, 1.54) is 11.3 Å². The van der Waals surface area contributed by atoms with E-state index in [2.05, 4.69) is 15.9 Å². The van der Waals surface area contributed by atoms with Crippen molar-refractivity contribution in [3.05, 3.63) is 21.1 Å². The molecule has 0 bridgehead atoms. The number of thiophene rings is 1. The van der Waals surface area contributed by atoms with Crippen molar-refractivity contribution in [1.82, 2.24) is 4.57 Å². The van der Waals surface area contributed by atoms with Crippen molar-refractivity contribution in [1.29, 1.82) is 0 Å². The number of halogens is 1. The second kappa shape index (κ2) is 4.62. The van der Waals surface area contributed by atoms with Crippen LogP contribution < -0.4 is 0 Å². The highest BCUT2D eigenvalue weighted by atomic mass is 79.9. The molecule has 4 nitrogen and oxygen atoms in total. The lowest BCUT2D eigenvalue weighted by atomic mass is 10.2. The summed E-state index contributed by atoms with van der Waals surface area (Å²) in [7, 11) is 1.75. The highest BCUT2D eigenvalue weighted by Gasteiger charge is 2.23. The standard InChI is InChI=1S/C11H10BrNO3S/c1-3-16-11(15)9-6(5-14)10-7(13(9)2)4-8(12)17-10/h4-5H,3H2,1-2H3. The lowest BCUT2D eigenvalue weighted by Gasteiger charge is -2.04. The first-order chi connectivity index (χ1) is 8.10. The predicted octanol–water partition coefficient (Wildman–Crippen LogP) is 2.99. The Kier molecular flexibility index (Phi) is 3.35. The van der Waals surface area contributed by atoms with Crippen molar-refractivity contribution in [2.24, 2.45) is 7.05 Å². The van der Waals surface area contributed by atoms with Gasteiger partial charge in [-0.25, -0.2) is 4.79 Å². The van der Waals surface area contributed by atoms with Gasteiger partial charge in [-0.05, 0) is 28.9 Å². The number of aromatic nitrogens is 1. The van der Waals surface area contributed by atoms with Crippen molar-refractivity contribution in [2.45, 2.75) is 6.92 Å². The summed E-state index contributed by atoms with van der Waals surface area (Å²) in [6, 6.07) is 1.88. The Hall–Kier alpha value is -1.14. The van der Waals surface area contributed by atoms with Crippen LogP contribution in [0, 0.1) is 0 Å². The van der Waals surface area contributed by atoms with Crippen LogP contribution in [0.1, 0.15) is 27.8 Å². The lowest BCUT2D eigenvalue weighted by Crippen LogP contribution is -2.11. The van der Waals surface area contributed by atoms with E-state index in [1.807, 2.05) is 6.07 Å². The Bertz CT molecular complexity index is 599. The number of ether oxygens (including phenoxy) is 1. The van der Waals surface area contributed by atoms with Crippen molar-refractivity contribution in [2.75, 3.05) is 6.61 Å². The highest BCUT2D eigenvalue weighted by molar-refractivity contribution is 9.11. The molecule has 0 aliphatic heterocycles. The molecule has 0 aliphatic carbocycles. The van der Waals surface area contributed by atoms with Crippen LogP contribution in [0.2, 0.25) is 0 Å². The summed E-state index contributed by atoms with van der Waals surface area (Å²) in [5.41, 5.74) is 1.57. The van der Waals surface area contributed by atoms with E-state index in [1.54, 1.807) is 18.5 Å². The van der Waals surface area contributed by atoms with E-state index in [4.69, 9.17) is 4.74 Å². The molecule has 0 radical (unpaired) electrons. The molecule has 0 atom stereocenters. The van der Waals surface area contributed by atoms with Gasteiger partial charge in [0.2, 0.25) is 0 Å². The van der Waals surface area contributed by atoms with E-state index >= 15 is 0 Å². The third kappa shape index (κ3) is 1.91. The number of rotatable bonds is 3. The number of carbonyl (C=O) groups excluding carboxylic acids is 2. The Morgan fingerprint density at radius 2 is 2.35 bits per heavy atom. The summed E-state index contributed by atoms with van der Waals surface area (Å²) in [4.78, 5) is 22.9. The molecule has 90 valence electrons. The summed E-state index contributed by atoms with van der Waals surface area (Å²) >= 11 is 4.80. The molecular formula is C11H10BrNO3S. The maximum Gasteiger partial charge on any atom is 0.355 e. The summed E-state index contributed by atoms with van der Waals surface area (Å²) in [6.45, 7) is 2.03. The monoisotopic (exact) mass is 315 g/mol. The largest absolute Gasteiger partial charge is 0.461 e. The first kappa shape index (κ1) is 12.3. The van der Waals surface area contributed by atoms with Crippen LogP contribution in [0.3, 0.4) is 0 Å². The van der Waals surface area contributed by atoms with Gasteiger partial charge in [-0.1, -0.05) is 0 Å². The fraction of sp³-hybridized carbons (Fsp3) is 0.273. The smallest absolute Gasteiger partial charge is 0.355 e. The SMILES string of the molecule is CCOC(=O)c1c(C=O)c2sc(Br)cc2n1C. The van der Waals surface area contributed by atoms with Crippen LogP contribution in [0.5, 0.6) is 0 Å². The van der Waals surface area contributed by atoms with Gasteiger partial charge in [0.05, 0.1) is 26.2 Å². The van der Waals surface area contributed by atoms with E-state index in [0.29, 0.717) is 24.2 Å². The van der Waals surface area contributed by atoms with Crippen molar-refractivity contribution in [3.63, 3.8) is 0 Å². The Morgan fingerprint density at radius 1 is 1.65 bits per heavy atom. The number of aldehydes is 1. The lowest BCUT2D eigenvalue weighted by molar-refractivity contribution is 0.0513.